The molecule has 0 amide bonds. The van der Waals surface area contributed by atoms with E-state index in [1.807, 2.05) is 45.0 Å². The number of benzene rings is 2. The van der Waals surface area contributed by atoms with Gasteiger partial charge in [0.1, 0.15) is 11.5 Å². The van der Waals surface area contributed by atoms with Gasteiger partial charge in [0.2, 0.25) is 0 Å². The van der Waals surface area contributed by atoms with Gasteiger partial charge in [-0.3, -0.25) is 9.59 Å². The molecule has 22 heavy (non-hydrogen) atoms. The predicted octanol–water partition coefficient (Wildman–Crippen LogP) is 4.33. The smallest absolute Gasteiger partial charge is 0.308 e. The summed E-state index contributed by atoms with van der Waals surface area (Å²) in [5.41, 5.74) is 1.56. The first-order valence-electron chi connectivity index (χ1n) is 7.43. The van der Waals surface area contributed by atoms with E-state index in [0.29, 0.717) is 12.2 Å². The molecule has 0 atom stereocenters. The van der Waals surface area contributed by atoms with Gasteiger partial charge in [0.05, 0.1) is 0 Å². The topological polar surface area (TPSA) is 43.4 Å². The van der Waals surface area contributed by atoms with Crippen LogP contribution < -0.4 is 4.74 Å². The van der Waals surface area contributed by atoms with Crippen LogP contribution in [-0.4, -0.2) is 11.8 Å². The van der Waals surface area contributed by atoms with Gasteiger partial charge in [0.25, 0.3) is 0 Å². The molecule has 3 nitrogen and oxygen atoms in total. The molecule has 0 bridgehead atoms. The molecule has 0 saturated carbocycles. The first-order valence-corrected chi connectivity index (χ1v) is 7.43. The summed E-state index contributed by atoms with van der Waals surface area (Å²) >= 11 is 0. The Balaban J connectivity index is 2.78. The predicted molar refractivity (Wildman–Crippen MR) is 88.3 cm³/mol. The maximum atomic E-state index is 11.6. The van der Waals surface area contributed by atoms with Crippen molar-refractivity contribution in [1.29, 1.82) is 0 Å². The summed E-state index contributed by atoms with van der Waals surface area (Å²) < 4.78 is 5.56. The summed E-state index contributed by atoms with van der Waals surface area (Å²) in [5.74, 6) is 0.344. The number of ketones is 1. The first-order chi connectivity index (χ1) is 10.2. The summed E-state index contributed by atoms with van der Waals surface area (Å²) in [6.45, 7) is 9.01. The summed E-state index contributed by atoms with van der Waals surface area (Å²) in [6, 6.07) is 9.91. The Morgan fingerprint density at radius 3 is 2.36 bits per heavy atom. The third-order valence-corrected chi connectivity index (χ3v) is 3.81. The van der Waals surface area contributed by atoms with Crippen LogP contribution in [0.1, 0.15) is 45.2 Å². The number of esters is 1. The number of aryl methyl sites for hydroxylation is 1. The number of hydrogen-bond acceptors (Lipinski definition) is 3. The van der Waals surface area contributed by atoms with E-state index in [9.17, 15) is 9.59 Å². The molecular formula is C19H22O3. The van der Waals surface area contributed by atoms with Gasteiger partial charge in [-0.05, 0) is 24.8 Å². The second-order valence-electron chi connectivity index (χ2n) is 6.48. The van der Waals surface area contributed by atoms with Crippen LogP contribution in [0.5, 0.6) is 5.75 Å². The number of ether oxygens (including phenoxy) is 1. The number of rotatable bonds is 4. The second kappa shape index (κ2) is 5.91. The lowest BCUT2D eigenvalue weighted by Crippen LogP contribution is -2.23. The Bertz CT molecular complexity index is 742. The minimum Gasteiger partial charge on any atom is -0.426 e. The van der Waals surface area contributed by atoms with Gasteiger partial charge in [-0.2, -0.15) is 0 Å². The minimum atomic E-state index is -0.398. The van der Waals surface area contributed by atoms with Crippen molar-refractivity contribution < 1.29 is 14.3 Å². The van der Waals surface area contributed by atoms with Crippen molar-refractivity contribution in [2.24, 2.45) is 0 Å². The fourth-order valence-corrected chi connectivity index (χ4v) is 3.25. The zero-order valence-electron chi connectivity index (χ0n) is 13.8. The van der Waals surface area contributed by atoms with Gasteiger partial charge in [-0.1, -0.05) is 44.2 Å². The number of fused-ring (bicyclic) bond motifs is 1. The summed E-state index contributed by atoms with van der Waals surface area (Å²) in [6.07, 6.45) is 0.403. The second-order valence-corrected chi connectivity index (χ2v) is 6.48. The number of carbonyl (C=O) groups excluding carboxylic acids is 2. The summed E-state index contributed by atoms with van der Waals surface area (Å²) in [4.78, 5) is 23.2. The molecular weight excluding hydrogens is 276 g/mol. The molecule has 116 valence electrons. The Morgan fingerprint density at radius 2 is 1.77 bits per heavy atom. The van der Waals surface area contributed by atoms with E-state index in [-0.39, 0.29) is 11.8 Å². The normalized spacial score (nSPS) is 11.5. The van der Waals surface area contributed by atoms with Crippen molar-refractivity contribution in [2.75, 3.05) is 0 Å². The number of Topliss-reactive ketones (excluding diaryl/α,β-unsaturated/α-hetero) is 1. The van der Waals surface area contributed by atoms with Gasteiger partial charge in [-0.25, -0.2) is 0 Å². The Labute approximate surface area is 131 Å². The van der Waals surface area contributed by atoms with Crippen molar-refractivity contribution in [1.82, 2.24) is 0 Å². The molecule has 3 heteroatoms. The highest BCUT2D eigenvalue weighted by Crippen LogP contribution is 2.41. The van der Waals surface area contributed by atoms with Crippen molar-refractivity contribution in [2.45, 2.75) is 46.5 Å². The van der Waals surface area contributed by atoms with E-state index in [1.54, 1.807) is 6.92 Å². The SMILES string of the molecule is CC(=O)CC(C)(C)c1c(C)cc2ccccc2c1OC(C)=O. The van der Waals surface area contributed by atoms with E-state index in [4.69, 9.17) is 4.74 Å². The monoisotopic (exact) mass is 298 g/mol. The van der Waals surface area contributed by atoms with Crippen molar-refractivity contribution >= 4 is 22.5 Å². The van der Waals surface area contributed by atoms with Crippen LogP contribution in [0.3, 0.4) is 0 Å². The van der Waals surface area contributed by atoms with Crippen LogP contribution >= 0.6 is 0 Å². The zero-order chi connectivity index (χ0) is 16.5. The molecule has 0 aliphatic heterocycles. The molecule has 0 heterocycles. The summed E-state index contributed by atoms with van der Waals surface area (Å²) in [5, 5.41) is 1.92. The van der Waals surface area contributed by atoms with Gasteiger partial charge >= 0.3 is 5.97 Å². The van der Waals surface area contributed by atoms with Gasteiger partial charge in [0, 0.05) is 29.7 Å². The van der Waals surface area contributed by atoms with Crippen LogP contribution in [0.25, 0.3) is 10.8 Å². The molecule has 0 spiro atoms. The fraction of sp³-hybridized carbons (Fsp3) is 0.368. The molecule has 2 rings (SSSR count). The van der Waals surface area contributed by atoms with E-state index in [0.717, 1.165) is 21.9 Å². The van der Waals surface area contributed by atoms with Crippen LogP contribution in [0.15, 0.2) is 30.3 Å². The Kier molecular flexibility index (Phi) is 4.36. The maximum absolute atomic E-state index is 11.6. The van der Waals surface area contributed by atoms with Crippen LogP contribution in [-0.2, 0) is 15.0 Å². The highest BCUT2D eigenvalue weighted by atomic mass is 16.5. The van der Waals surface area contributed by atoms with Gasteiger partial charge < -0.3 is 4.74 Å². The highest BCUT2D eigenvalue weighted by Gasteiger charge is 2.30. The molecule has 2 aromatic carbocycles. The van der Waals surface area contributed by atoms with Gasteiger partial charge in [-0.15, -0.1) is 0 Å². The van der Waals surface area contributed by atoms with E-state index < -0.39 is 5.41 Å². The van der Waals surface area contributed by atoms with E-state index in [2.05, 4.69) is 6.07 Å². The van der Waals surface area contributed by atoms with Gasteiger partial charge in [0.15, 0.2) is 0 Å². The Hall–Kier alpha value is -2.16. The lowest BCUT2D eigenvalue weighted by Gasteiger charge is -2.29. The summed E-state index contributed by atoms with van der Waals surface area (Å²) in [7, 11) is 0. The molecule has 0 aliphatic rings. The maximum Gasteiger partial charge on any atom is 0.308 e. The quantitative estimate of drug-likeness (QED) is 0.623. The average Bonchev–Trinajstić information content (AvgIpc) is 2.35. The molecule has 0 radical (unpaired) electrons. The average molecular weight is 298 g/mol. The molecule has 2 aromatic rings. The number of hydrogen-bond donors (Lipinski definition) is 0. The molecule has 0 saturated heterocycles. The van der Waals surface area contributed by atoms with E-state index in [1.165, 1.54) is 6.92 Å². The highest BCUT2D eigenvalue weighted by molar-refractivity contribution is 5.93. The Morgan fingerprint density at radius 1 is 1.14 bits per heavy atom. The van der Waals surface area contributed by atoms with E-state index >= 15 is 0 Å². The van der Waals surface area contributed by atoms with Crippen molar-refractivity contribution in [3.63, 3.8) is 0 Å². The molecule has 0 N–H and O–H groups in total. The van der Waals surface area contributed by atoms with Crippen LogP contribution in [0, 0.1) is 6.92 Å². The van der Waals surface area contributed by atoms with Crippen LogP contribution in [0.2, 0.25) is 0 Å². The zero-order valence-corrected chi connectivity index (χ0v) is 13.8. The fourth-order valence-electron chi connectivity index (χ4n) is 3.25. The van der Waals surface area contributed by atoms with Crippen molar-refractivity contribution in [3.8, 4) is 5.75 Å². The molecule has 0 fully saturated rings. The first kappa shape index (κ1) is 16.2. The largest absolute Gasteiger partial charge is 0.426 e. The lowest BCUT2D eigenvalue weighted by molar-refractivity contribution is -0.131. The third kappa shape index (κ3) is 3.19. The molecule has 0 aromatic heterocycles. The molecule has 0 unspecified atom stereocenters. The standard InChI is InChI=1S/C19H22O3/c1-12-10-15-8-6-7-9-16(15)18(22-14(3)21)17(12)19(4,5)11-13(2)20/h6-10H,11H2,1-5H3. The van der Waals surface area contributed by atoms with Crippen LogP contribution in [0.4, 0.5) is 0 Å². The third-order valence-electron chi connectivity index (χ3n) is 3.81. The lowest BCUT2D eigenvalue weighted by atomic mass is 9.76. The molecule has 0 aliphatic carbocycles. The number of carbonyl (C=O) groups is 2. The minimum absolute atomic E-state index is 0.117. The van der Waals surface area contributed by atoms with Crippen molar-refractivity contribution in [3.05, 3.63) is 41.5 Å².